The van der Waals surface area contributed by atoms with Crippen molar-refractivity contribution in [3.05, 3.63) is 23.8 Å². The average molecular weight is 407 g/mol. The number of fused-ring (bicyclic) bond motifs is 3. The highest BCUT2D eigenvalue weighted by molar-refractivity contribution is 6.29. The second kappa shape index (κ2) is 5.80. The van der Waals surface area contributed by atoms with Gasteiger partial charge in [-0.3, -0.25) is 9.59 Å². The van der Waals surface area contributed by atoms with Crippen molar-refractivity contribution in [2.75, 3.05) is 5.88 Å². The average Bonchev–Trinajstić information content (AvgIpc) is 3.31. The summed E-state index contributed by atoms with van der Waals surface area (Å²) in [7, 11) is 0. The Morgan fingerprint density at radius 2 is 2.07 bits per heavy atom. The van der Waals surface area contributed by atoms with Crippen LogP contribution in [0, 0.1) is 28.6 Å². The predicted molar refractivity (Wildman–Crippen MR) is 108 cm³/mol. The fraction of sp³-hybridized carbons (Fsp3) is 0.739. The Morgan fingerprint density at radius 1 is 1.36 bits per heavy atom. The van der Waals surface area contributed by atoms with E-state index in [2.05, 4.69) is 13.8 Å². The van der Waals surface area contributed by atoms with E-state index in [1.54, 1.807) is 12.2 Å². The SMILES string of the molecule is C.C[C@@H]1CC2C3CCC4=CC(=O)C=C[C@]4(C)[C@@]34O[C@H]4C[C@]2(C)[C@@]1(O)C(=O)CCl. The molecule has 2 unspecified atom stereocenters. The Balaban J connectivity index is 0.00000192. The van der Waals surface area contributed by atoms with Gasteiger partial charge in [0.25, 0.3) is 0 Å². The molecule has 4 fully saturated rings. The monoisotopic (exact) mass is 406 g/mol. The third-order valence-corrected chi connectivity index (χ3v) is 9.30. The number of hydrogen-bond acceptors (Lipinski definition) is 4. The summed E-state index contributed by atoms with van der Waals surface area (Å²) in [5.74, 6) is 0.0439. The van der Waals surface area contributed by atoms with Crippen molar-refractivity contribution in [2.24, 2.45) is 28.6 Å². The van der Waals surface area contributed by atoms with Crippen molar-refractivity contribution >= 4 is 23.2 Å². The number of allylic oxidation sites excluding steroid dienone is 2. The molecule has 0 aromatic heterocycles. The minimum atomic E-state index is -1.38. The van der Waals surface area contributed by atoms with E-state index in [1.807, 2.05) is 13.0 Å². The van der Waals surface area contributed by atoms with Gasteiger partial charge in [-0.05, 0) is 62.5 Å². The number of halogens is 1. The van der Waals surface area contributed by atoms with Gasteiger partial charge >= 0.3 is 0 Å². The molecule has 0 aromatic carbocycles. The quantitative estimate of drug-likeness (QED) is 0.558. The molecule has 1 N–H and O–H groups in total. The molecule has 0 aromatic rings. The van der Waals surface area contributed by atoms with E-state index in [4.69, 9.17) is 16.3 Å². The van der Waals surface area contributed by atoms with Crippen LogP contribution in [0.25, 0.3) is 0 Å². The van der Waals surface area contributed by atoms with Crippen LogP contribution >= 0.6 is 11.6 Å². The van der Waals surface area contributed by atoms with E-state index >= 15 is 0 Å². The van der Waals surface area contributed by atoms with Gasteiger partial charge in [0.2, 0.25) is 0 Å². The van der Waals surface area contributed by atoms with Gasteiger partial charge in [-0.15, -0.1) is 11.6 Å². The minimum absolute atomic E-state index is 0. The summed E-state index contributed by atoms with van der Waals surface area (Å²) in [5.41, 5.74) is -1.29. The highest BCUT2D eigenvalue weighted by Gasteiger charge is 2.81. The molecule has 0 amide bonds. The minimum Gasteiger partial charge on any atom is -0.381 e. The molecule has 3 saturated carbocycles. The fourth-order valence-electron chi connectivity index (χ4n) is 7.68. The van der Waals surface area contributed by atoms with E-state index in [-0.39, 0.29) is 59.7 Å². The molecule has 1 aliphatic heterocycles. The van der Waals surface area contributed by atoms with Gasteiger partial charge in [-0.2, -0.15) is 0 Å². The molecule has 0 bridgehead atoms. The molecule has 28 heavy (non-hydrogen) atoms. The Hall–Kier alpha value is -0.970. The summed E-state index contributed by atoms with van der Waals surface area (Å²) in [6.45, 7) is 6.26. The van der Waals surface area contributed by atoms with Crippen LogP contribution < -0.4 is 0 Å². The van der Waals surface area contributed by atoms with Crippen molar-refractivity contribution in [1.29, 1.82) is 0 Å². The number of ether oxygens (including phenoxy) is 1. The maximum absolute atomic E-state index is 12.7. The number of alkyl halides is 1. The zero-order chi connectivity index (χ0) is 19.4. The lowest BCUT2D eigenvalue weighted by Crippen LogP contribution is -2.62. The first-order chi connectivity index (χ1) is 12.6. The van der Waals surface area contributed by atoms with Gasteiger partial charge in [-0.25, -0.2) is 0 Å². The normalized spacial score (nSPS) is 53.2. The highest BCUT2D eigenvalue weighted by Crippen LogP contribution is 2.76. The summed E-state index contributed by atoms with van der Waals surface area (Å²) >= 11 is 5.90. The van der Waals surface area contributed by atoms with Crippen molar-refractivity contribution in [3.8, 4) is 0 Å². The molecule has 154 valence electrons. The zero-order valence-electron chi connectivity index (χ0n) is 16.1. The van der Waals surface area contributed by atoms with Crippen molar-refractivity contribution in [1.82, 2.24) is 0 Å². The lowest BCUT2D eigenvalue weighted by atomic mass is 9.47. The summed E-state index contributed by atoms with van der Waals surface area (Å²) in [4.78, 5) is 24.7. The Kier molecular flexibility index (Phi) is 4.21. The maximum Gasteiger partial charge on any atom is 0.179 e. The van der Waals surface area contributed by atoms with Crippen molar-refractivity contribution < 1.29 is 19.4 Å². The topological polar surface area (TPSA) is 66.9 Å². The van der Waals surface area contributed by atoms with Gasteiger partial charge in [-0.1, -0.05) is 32.9 Å². The third-order valence-electron chi connectivity index (χ3n) is 9.06. The molecule has 5 rings (SSSR count). The molecular formula is C23H31ClO4. The van der Waals surface area contributed by atoms with E-state index in [9.17, 15) is 14.7 Å². The van der Waals surface area contributed by atoms with Crippen LogP contribution in [0.5, 0.6) is 0 Å². The summed E-state index contributed by atoms with van der Waals surface area (Å²) in [5, 5.41) is 11.6. The molecule has 5 aliphatic rings. The molecule has 5 heteroatoms. The smallest absolute Gasteiger partial charge is 0.179 e. The number of epoxide rings is 1. The fourth-order valence-corrected chi connectivity index (χ4v) is 7.88. The summed E-state index contributed by atoms with van der Waals surface area (Å²) < 4.78 is 6.46. The van der Waals surface area contributed by atoms with Gasteiger partial charge in [0, 0.05) is 10.8 Å². The van der Waals surface area contributed by atoms with Crippen LogP contribution in [-0.2, 0) is 14.3 Å². The highest BCUT2D eigenvalue weighted by atomic mass is 35.5. The van der Waals surface area contributed by atoms with Crippen LogP contribution in [0.15, 0.2) is 23.8 Å². The Bertz CT molecular complexity index is 817. The summed E-state index contributed by atoms with van der Waals surface area (Å²) in [6, 6.07) is 0. The molecular weight excluding hydrogens is 376 g/mol. The van der Waals surface area contributed by atoms with E-state index in [1.165, 1.54) is 5.57 Å². The first-order valence-corrected chi connectivity index (χ1v) is 10.6. The lowest BCUT2D eigenvalue weighted by Gasteiger charge is -2.55. The van der Waals surface area contributed by atoms with Crippen LogP contribution in [0.4, 0.5) is 0 Å². The largest absolute Gasteiger partial charge is 0.381 e. The number of carbonyl (C=O) groups is 2. The molecule has 8 atom stereocenters. The molecule has 1 heterocycles. The van der Waals surface area contributed by atoms with Crippen molar-refractivity contribution in [2.45, 2.75) is 71.2 Å². The third kappa shape index (κ3) is 1.95. The number of Topliss-reactive ketones (excluding diaryl/α,β-unsaturated/α-hetero) is 1. The van der Waals surface area contributed by atoms with E-state index < -0.39 is 11.0 Å². The Morgan fingerprint density at radius 3 is 2.75 bits per heavy atom. The number of rotatable bonds is 2. The van der Waals surface area contributed by atoms with E-state index in [0.717, 1.165) is 19.3 Å². The zero-order valence-corrected chi connectivity index (χ0v) is 16.9. The Labute approximate surface area is 172 Å². The number of carbonyl (C=O) groups excluding carboxylic acids is 2. The number of aliphatic hydroxyl groups is 1. The van der Waals surface area contributed by atoms with Crippen molar-refractivity contribution in [3.63, 3.8) is 0 Å². The molecule has 4 aliphatic carbocycles. The number of hydrogen-bond donors (Lipinski definition) is 1. The standard InChI is InChI=1S/C22H27ClO4.CH4/c1-12-8-16-15-5-4-13-9-14(24)6-7-19(13,2)22(15)18(27-22)10-20(16,3)21(12,26)17(25)11-23;/h6-7,9,12,15-16,18,26H,4-5,8,10-11H2,1-3H3;1H4/t12-,15?,16?,18+,19+,20+,21+,22-;/m1./s1. The molecule has 4 nitrogen and oxygen atoms in total. The first-order valence-electron chi connectivity index (χ1n) is 10.1. The maximum atomic E-state index is 12.7. The number of ketones is 2. The molecule has 1 spiro atoms. The van der Waals surface area contributed by atoms with E-state index in [0.29, 0.717) is 6.42 Å². The second-order valence-electron chi connectivity index (χ2n) is 9.84. The van der Waals surface area contributed by atoms with Crippen LogP contribution in [0.1, 0.15) is 53.9 Å². The van der Waals surface area contributed by atoms with Gasteiger partial charge in [0.05, 0.1) is 12.0 Å². The molecule has 1 saturated heterocycles. The van der Waals surface area contributed by atoms with Crippen LogP contribution in [0.2, 0.25) is 0 Å². The lowest BCUT2D eigenvalue weighted by molar-refractivity contribution is -0.160. The first kappa shape index (κ1) is 20.3. The van der Waals surface area contributed by atoms with Gasteiger partial charge < -0.3 is 9.84 Å². The molecule has 0 radical (unpaired) electrons. The predicted octanol–water partition coefficient (Wildman–Crippen LogP) is 3.85. The van der Waals surface area contributed by atoms with Gasteiger partial charge in [0.1, 0.15) is 11.2 Å². The van der Waals surface area contributed by atoms with Crippen LogP contribution in [-0.4, -0.2) is 39.9 Å². The second-order valence-corrected chi connectivity index (χ2v) is 10.1. The van der Waals surface area contributed by atoms with Crippen LogP contribution in [0.3, 0.4) is 0 Å². The summed E-state index contributed by atoms with van der Waals surface area (Å²) in [6.07, 6.45) is 8.83. The van der Waals surface area contributed by atoms with Gasteiger partial charge in [0.15, 0.2) is 11.6 Å².